The summed E-state index contributed by atoms with van der Waals surface area (Å²) in [5.74, 6) is -0.949. The molecule has 1 amide bonds. The van der Waals surface area contributed by atoms with Crippen LogP contribution in [0.4, 0.5) is 0 Å². The van der Waals surface area contributed by atoms with Crippen LogP contribution in [-0.4, -0.2) is 41.2 Å². The molecular formula is C35H69NO4. The lowest BCUT2D eigenvalue weighted by Gasteiger charge is -2.19. The molecule has 5 nitrogen and oxygen atoms in total. The van der Waals surface area contributed by atoms with Crippen LogP contribution in [0.3, 0.4) is 0 Å². The quantitative estimate of drug-likeness (QED) is 0.0558. The van der Waals surface area contributed by atoms with Crippen molar-refractivity contribution in [2.45, 2.75) is 193 Å². The van der Waals surface area contributed by atoms with Crippen LogP contribution in [-0.2, 0) is 9.59 Å². The molecule has 0 aromatic heterocycles. The van der Waals surface area contributed by atoms with E-state index in [0.29, 0.717) is 12.8 Å². The lowest BCUT2D eigenvalue weighted by Crippen LogP contribution is -2.45. The first-order valence-corrected chi connectivity index (χ1v) is 17.6. The number of aliphatic hydroxyl groups is 2. The van der Waals surface area contributed by atoms with Crippen molar-refractivity contribution in [3.8, 4) is 0 Å². The van der Waals surface area contributed by atoms with Crippen molar-refractivity contribution in [1.82, 2.24) is 5.32 Å². The van der Waals surface area contributed by atoms with Crippen molar-refractivity contribution in [2.75, 3.05) is 13.2 Å². The van der Waals surface area contributed by atoms with Gasteiger partial charge in [0, 0.05) is 6.42 Å². The third-order valence-electron chi connectivity index (χ3n) is 8.37. The van der Waals surface area contributed by atoms with Crippen LogP contribution in [0, 0.1) is 5.92 Å². The second kappa shape index (κ2) is 31.0. The number of Topliss-reactive ketones (excluding diaryl/α,β-unsaturated/α-hetero) is 1. The smallest absolute Gasteiger partial charge is 0.230 e. The van der Waals surface area contributed by atoms with E-state index in [-0.39, 0.29) is 24.9 Å². The van der Waals surface area contributed by atoms with E-state index < -0.39 is 12.0 Å². The Labute approximate surface area is 249 Å². The number of unbranched alkanes of at least 4 members (excludes halogenated alkanes) is 23. The third-order valence-corrected chi connectivity index (χ3v) is 8.37. The van der Waals surface area contributed by atoms with Crippen LogP contribution in [0.2, 0.25) is 0 Å². The van der Waals surface area contributed by atoms with E-state index in [4.69, 9.17) is 0 Å². The molecule has 0 saturated carbocycles. The van der Waals surface area contributed by atoms with Gasteiger partial charge in [0.1, 0.15) is 5.78 Å². The lowest BCUT2D eigenvalue weighted by atomic mass is 9.91. The Morgan fingerprint density at radius 2 is 0.825 bits per heavy atom. The zero-order valence-electron chi connectivity index (χ0n) is 26.9. The summed E-state index contributed by atoms with van der Waals surface area (Å²) in [5, 5.41) is 21.4. The predicted molar refractivity (Wildman–Crippen MR) is 171 cm³/mol. The Hall–Kier alpha value is -0.940. The maximum Gasteiger partial charge on any atom is 0.230 e. The topological polar surface area (TPSA) is 86.6 Å². The van der Waals surface area contributed by atoms with Crippen molar-refractivity contribution in [2.24, 2.45) is 5.92 Å². The fourth-order valence-electron chi connectivity index (χ4n) is 5.57. The molecule has 5 heteroatoms. The number of hydrogen-bond acceptors (Lipinski definition) is 4. The molecular weight excluding hydrogens is 498 g/mol. The Kier molecular flexibility index (Phi) is 30.3. The summed E-state index contributed by atoms with van der Waals surface area (Å²) in [6, 6.07) is -0.693. The minimum absolute atomic E-state index is 0.0262. The van der Waals surface area contributed by atoms with Crippen LogP contribution in [0.1, 0.15) is 187 Å². The van der Waals surface area contributed by atoms with Gasteiger partial charge in [-0.05, 0) is 12.8 Å². The third kappa shape index (κ3) is 24.8. The molecule has 0 rings (SSSR count). The molecule has 40 heavy (non-hydrogen) atoms. The molecule has 0 heterocycles. The first kappa shape index (κ1) is 39.1. The SMILES string of the molecule is CCCCCCCCCCCCCCCC(=O)C(CCCCCCCCCCCCCC)C(=O)NC(CO)CO. The highest BCUT2D eigenvalue weighted by Gasteiger charge is 2.27. The normalized spacial score (nSPS) is 12.2. The highest BCUT2D eigenvalue weighted by atomic mass is 16.3. The molecule has 0 aliphatic rings. The van der Waals surface area contributed by atoms with Gasteiger partial charge in [0.25, 0.3) is 0 Å². The zero-order chi connectivity index (χ0) is 29.5. The van der Waals surface area contributed by atoms with E-state index in [1.54, 1.807) is 0 Å². The molecule has 0 spiro atoms. The summed E-state index contributed by atoms with van der Waals surface area (Å²) in [6.45, 7) is 3.88. The molecule has 0 radical (unpaired) electrons. The molecule has 1 atom stereocenters. The van der Waals surface area contributed by atoms with Crippen LogP contribution in [0.5, 0.6) is 0 Å². The number of rotatable bonds is 32. The van der Waals surface area contributed by atoms with E-state index >= 15 is 0 Å². The van der Waals surface area contributed by atoms with Gasteiger partial charge in [-0.25, -0.2) is 0 Å². The molecule has 238 valence electrons. The fraction of sp³-hybridized carbons (Fsp3) is 0.943. The van der Waals surface area contributed by atoms with Gasteiger partial charge in [-0.2, -0.15) is 0 Å². The monoisotopic (exact) mass is 568 g/mol. The summed E-state index contributed by atoms with van der Waals surface area (Å²) in [7, 11) is 0. The number of carbonyl (C=O) groups excluding carboxylic acids is 2. The Morgan fingerprint density at radius 1 is 0.500 bits per heavy atom. The average molecular weight is 568 g/mol. The van der Waals surface area contributed by atoms with E-state index in [0.717, 1.165) is 38.5 Å². The van der Waals surface area contributed by atoms with Gasteiger partial charge in [-0.1, -0.05) is 168 Å². The highest BCUT2D eigenvalue weighted by molar-refractivity contribution is 6.01. The molecule has 0 aliphatic carbocycles. The van der Waals surface area contributed by atoms with Gasteiger partial charge in [0.05, 0.1) is 25.2 Å². The van der Waals surface area contributed by atoms with Gasteiger partial charge >= 0.3 is 0 Å². The van der Waals surface area contributed by atoms with E-state index in [9.17, 15) is 19.8 Å². The maximum atomic E-state index is 13.0. The summed E-state index contributed by atoms with van der Waals surface area (Å²) >= 11 is 0. The van der Waals surface area contributed by atoms with Crippen LogP contribution >= 0.6 is 0 Å². The molecule has 0 aromatic rings. The van der Waals surface area contributed by atoms with Crippen LogP contribution in [0.25, 0.3) is 0 Å². The first-order chi connectivity index (χ1) is 19.6. The van der Waals surface area contributed by atoms with Crippen molar-refractivity contribution < 1.29 is 19.8 Å². The van der Waals surface area contributed by atoms with Gasteiger partial charge in [0.2, 0.25) is 5.91 Å². The summed E-state index contributed by atoms with van der Waals surface area (Å²) in [6.07, 6.45) is 32.5. The Balaban J connectivity index is 4.11. The standard InChI is InChI=1S/C35H69NO4/c1-3-5-7-9-11-13-15-17-19-21-23-25-27-29-34(39)33(35(40)36-32(30-37)31-38)28-26-24-22-20-18-16-14-12-10-8-6-4-2/h32-33,37-38H,3-31H2,1-2H3,(H,36,40). The number of amides is 1. The molecule has 0 aliphatic heterocycles. The van der Waals surface area contributed by atoms with Gasteiger partial charge in [0.15, 0.2) is 0 Å². The van der Waals surface area contributed by atoms with Crippen LogP contribution < -0.4 is 5.32 Å². The van der Waals surface area contributed by atoms with E-state index in [2.05, 4.69) is 19.2 Å². The molecule has 0 saturated heterocycles. The molecule has 3 N–H and O–H groups in total. The predicted octanol–water partition coefficient (Wildman–Crippen LogP) is 9.21. The van der Waals surface area contributed by atoms with Crippen molar-refractivity contribution >= 4 is 11.7 Å². The average Bonchev–Trinajstić information content (AvgIpc) is 2.96. The van der Waals surface area contributed by atoms with Crippen molar-refractivity contribution in [1.29, 1.82) is 0 Å². The van der Waals surface area contributed by atoms with Gasteiger partial charge in [-0.15, -0.1) is 0 Å². The molecule has 0 fully saturated rings. The molecule has 0 aromatic carbocycles. The molecule has 0 bridgehead atoms. The highest BCUT2D eigenvalue weighted by Crippen LogP contribution is 2.19. The first-order valence-electron chi connectivity index (χ1n) is 17.6. The number of ketones is 1. The summed E-state index contributed by atoms with van der Waals surface area (Å²) in [5.41, 5.74) is 0. The van der Waals surface area contributed by atoms with E-state index in [1.807, 2.05) is 0 Å². The zero-order valence-corrected chi connectivity index (χ0v) is 26.9. The number of carbonyl (C=O) groups is 2. The number of nitrogens with one attached hydrogen (secondary N) is 1. The number of hydrogen-bond donors (Lipinski definition) is 3. The number of aliphatic hydroxyl groups excluding tert-OH is 2. The van der Waals surface area contributed by atoms with Crippen molar-refractivity contribution in [3.63, 3.8) is 0 Å². The fourth-order valence-corrected chi connectivity index (χ4v) is 5.57. The Morgan fingerprint density at radius 3 is 1.18 bits per heavy atom. The Bertz CT molecular complexity index is 550. The maximum absolute atomic E-state index is 13.0. The van der Waals surface area contributed by atoms with Gasteiger partial charge in [-0.3, -0.25) is 9.59 Å². The summed E-state index contributed by atoms with van der Waals surface area (Å²) < 4.78 is 0. The minimum atomic E-state index is -0.693. The lowest BCUT2D eigenvalue weighted by molar-refractivity contribution is -0.135. The van der Waals surface area contributed by atoms with Gasteiger partial charge < -0.3 is 15.5 Å². The summed E-state index contributed by atoms with van der Waals surface area (Å²) in [4.78, 5) is 25.8. The second-order valence-corrected chi connectivity index (χ2v) is 12.3. The van der Waals surface area contributed by atoms with E-state index in [1.165, 1.54) is 122 Å². The largest absolute Gasteiger partial charge is 0.394 e. The minimum Gasteiger partial charge on any atom is -0.394 e. The second-order valence-electron chi connectivity index (χ2n) is 12.3. The molecule has 1 unspecified atom stereocenters. The van der Waals surface area contributed by atoms with Crippen molar-refractivity contribution in [3.05, 3.63) is 0 Å². The van der Waals surface area contributed by atoms with Crippen LogP contribution in [0.15, 0.2) is 0 Å².